The number of benzene rings is 1. The fourth-order valence-corrected chi connectivity index (χ4v) is 3.21. The first-order chi connectivity index (χ1) is 11.6. The molecule has 3 rings (SSSR count). The number of anilines is 1. The van der Waals surface area contributed by atoms with Gasteiger partial charge >= 0.3 is 6.03 Å². The Morgan fingerprint density at radius 2 is 2.08 bits per heavy atom. The molecule has 1 aliphatic carbocycles. The molecule has 1 aromatic heterocycles. The number of aryl methyl sites for hydroxylation is 1. The number of carbonyl (C=O) groups excluding carboxylic acids is 1. The summed E-state index contributed by atoms with van der Waals surface area (Å²) in [5.74, 6) is 0.125. The van der Waals surface area contributed by atoms with Crippen LogP contribution in [0.3, 0.4) is 0 Å². The second-order valence-corrected chi connectivity index (χ2v) is 6.12. The molecule has 2 N–H and O–H groups in total. The van der Waals surface area contributed by atoms with Crippen molar-refractivity contribution >= 4 is 11.7 Å². The minimum Gasteiger partial charge on any atom is -0.327 e. The number of nitriles is 1. The summed E-state index contributed by atoms with van der Waals surface area (Å²) in [6.45, 7) is 1.98. The van der Waals surface area contributed by atoms with Crippen LogP contribution in [0, 0.1) is 18.3 Å². The van der Waals surface area contributed by atoms with Gasteiger partial charge in [-0.3, -0.25) is 0 Å². The summed E-state index contributed by atoms with van der Waals surface area (Å²) in [7, 11) is 0. The van der Waals surface area contributed by atoms with Crippen molar-refractivity contribution in [2.45, 2.75) is 38.1 Å². The molecule has 2 amide bonds. The summed E-state index contributed by atoms with van der Waals surface area (Å²) in [5.41, 5.74) is 1.99. The van der Waals surface area contributed by atoms with E-state index < -0.39 is 5.54 Å². The van der Waals surface area contributed by atoms with Crippen LogP contribution in [-0.4, -0.2) is 16.0 Å². The number of hydrogen-bond acceptors (Lipinski definition) is 4. The van der Waals surface area contributed by atoms with Gasteiger partial charge in [-0.1, -0.05) is 25.0 Å². The van der Waals surface area contributed by atoms with Crippen LogP contribution < -0.4 is 10.6 Å². The molecule has 1 aromatic carbocycles. The van der Waals surface area contributed by atoms with Gasteiger partial charge in [0.25, 0.3) is 0 Å². The highest BCUT2D eigenvalue weighted by Crippen LogP contribution is 2.37. The van der Waals surface area contributed by atoms with Crippen molar-refractivity contribution in [2.24, 2.45) is 0 Å². The smallest absolute Gasteiger partial charge is 0.319 e. The zero-order valence-corrected chi connectivity index (χ0v) is 13.5. The van der Waals surface area contributed by atoms with Crippen molar-refractivity contribution in [3.05, 3.63) is 53.6 Å². The standard InChI is InChI=1S/C18H19N5O/c1-13-5-4-6-14(11-13)21-17(24)23-18(8-2-3-9-18)15-7-10-20-16(12-19)22-15/h4-7,10-11H,2-3,8-9H2,1H3,(H2,21,23,24). The molecule has 2 aromatic rings. The predicted molar refractivity (Wildman–Crippen MR) is 90.2 cm³/mol. The van der Waals surface area contributed by atoms with Crippen LogP contribution in [0.5, 0.6) is 0 Å². The maximum absolute atomic E-state index is 12.5. The molecule has 24 heavy (non-hydrogen) atoms. The highest BCUT2D eigenvalue weighted by molar-refractivity contribution is 5.90. The van der Waals surface area contributed by atoms with Gasteiger partial charge in [0, 0.05) is 11.9 Å². The molecule has 6 nitrogen and oxygen atoms in total. The highest BCUT2D eigenvalue weighted by atomic mass is 16.2. The van der Waals surface area contributed by atoms with E-state index in [-0.39, 0.29) is 11.9 Å². The molecule has 0 aliphatic heterocycles. The lowest BCUT2D eigenvalue weighted by Gasteiger charge is -2.29. The summed E-state index contributed by atoms with van der Waals surface area (Å²) < 4.78 is 0. The number of nitrogens with one attached hydrogen (secondary N) is 2. The molecular formula is C18H19N5O. The Bertz CT molecular complexity index is 790. The SMILES string of the molecule is Cc1cccc(NC(=O)NC2(c3ccnc(C#N)n3)CCCC2)c1. The van der Waals surface area contributed by atoms with E-state index in [2.05, 4.69) is 20.6 Å². The Morgan fingerprint density at radius 1 is 1.29 bits per heavy atom. The normalized spacial score (nSPS) is 15.5. The third-order valence-electron chi connectivity index (χ3n) is 4.33. The van der Waals surface area contributed by atoms with Gasteiger partial charge in [0.15, 0.2) is 0 Å². The van der Waals surface area contributed by atoms with E-state index in [0.717, 1.165) is 36.9 Å². The molecule has 0 saturated heterocycles. The Kier molecular flexibility index (Phi) is 4.43. The van der Waals surface area contributed by atoms with Crippen molar-refractivity contribution in [1.82, 2.24) is 15.3 Å². The first-order valence-corrected chi connectivity index (χ1v) is 8.01. The number of amides is 2. The number of urea groups is 1. The molecule has 0 atom stereocenters. The van der Waals surface area contributed by atoms with Crippen LogP contribution in [0.1, 0.15) is 42.8 Å². The Morgan fingerprint density at radius 3 is 2.79 bits per heavy atom. The van der Waals surface area contributed by atoms with Crippen LogP contribution in [-0.2, 0) is 5.54 Å². The number of carbonyl (C=O) groups is 1. The largest absolute Gasteiger partial charge is 0.327 e. The van der Waals surface area contributed by atoms with Crippen molar-refractivity contribution < 1.29 is 4.79 Å². The van der Waals surface area contributed by atoms with Gasteiger partial charge in [0.05, 0.1) is 11.2 Å². The van der Waals surface area contributed by atoms with E-state index in [0.29, 0.717) is 5.69 Å². The molecule has 1 saturated carbocycles. The van der Waals surface area contributed by atoms with Gasteiger partial charge in [-0.25, -0.2) is 14.8 Å². The van der Waals surface area contributed by atoms with Crippen LogP contribution in [0.15, 0.2) is 36.5 Å². The Balaban J connectivity index is 1.81. The predicted octanol–water partition coefficient (Wildman–Crippen LogP) is 3.25. The van der Waals surface area contributed by atoms with Crippen LogP contribution in [0.25, 0.3) is 0 Å². The summed E-state index contributed by atoms with van der Waals surface area (Å²) in [6, 6.07) is 11.1. The third kappa shape index (κ3) is 3.35. The number of hydrogen-bond donors (Lipinski definition) is 2. The average Bonchev–Trinajstić information content (AvgIpc) is 3.04. The molecular weight excluding hydrogens is 302 g/mol. The van der Waals surface area contributed by atoms with Gasteiger partial charge in [-0.05, 0) is 43.5 Å². The lowest BCUT2D eigenvalue weighted by atomic mass is 9.93. The molecule has 122 valence electrons. The van der Waals surface area contributed by atoms with E-state index in [1.54, 1.807) is 12.3 Å². The number of rotatable bonds is 3. The second kappa shape index (κ2) is 6.67. The van der Waals surface area contributed by atoms with Gasteiger partial charge in [0.1, 0.15) is 6.07 Å². The molecule has 1 aliphatic rings. The third-order valence-corrected chi connectivity index (χ3v) is 4.33. The van der Waals surface area contributed by atoms with E-state index >= 15 is 0 Å². The van der Waals surface area contributed by atoms with Crippen LogP contribution in [0.2, 0.25) is 0 Å². The molecule has 6 heteroatoms. The van der Waals surface area contributed by atoms with E-state index in [1.807, 2.05) is 37.3 Å². The zero-order chi connectivity index (χ0) is 17.0. The topological polar surface area (TPSA) is 90.7 Å². The Labute approximate surface area is 140 Å². The molecule has 0 unspecified atom stereocenters. The van der Waals surface area contributed by atoms with E-state index in [1.165, 1.54) is 0 Å². The molecule has 0 radical (unpaired) electrons. The van der Waals surface area contributed by atoms with Crippen LogP contribution >= 0.6 is 0 Å². The summed E-state index contributed by atoms with van der Waals surface area (Å²) in [6.07, 6.45) is 5.20. The van der Waals surface area contributed by atoms with Crippen molar-refractivity contribution in [3.63, 3.8) is 0 Å². The fraction of sp³-hybridized carbons (Fsp3) is 0.333. The van der Waals surface area contributed by atoms with Gasteiger partial charge < -0.3 is 10.6 Å². The van der Waals surface area contributed by atoms with Gasteiger partial charge in [-0.2, -0.15) is 5.26 Å². The quantitative estimate of drug-likeness (QED) is 0.908. The van der Waals surface area contributed by atoms with Crippen molar-refractivity contribution in [3.8, 4) is 6.07 Å². The average molecular weight is 321 g/mol. The first kappa shape index (κ1) is 15.9. The van der Waals surface area contributed by atoms with Crippen molar-refractivity contribution in [1.29, 1.82) is 5.26 Å². The monoisotopic (exact) mass is 321 g/mol. The minimum atomic E-state index is -0.539. The number of aromatic nitrogens is 2. The lowest BCUT2D eigenvalue weighted by molar-refractivity contribution is 0.235. The van der Waals surface area contributed by atoms with Crippen molar-refractivity contribution in [2.75, 3.05) is 5.32 Å². The number of nitrogens with zero attached hydrogens (tertiary/aromatic N) is 3. The maximum Gasteiger partial charge on any atom is 0.319 e. The fourth-order valence-electron chi connectivity index (χ4n) is 3.21. The van der Waals surface area contributed by atoms with Crippen LogP contribution in [0.4, 0.5) is 10.5 Å². The lowest BCUT2D eigenvalue weighted by Crippen LogP contribution is -2.46. The summed E-state index contributed by atoms with van der Waals surface area (Å²) in [4.78, 5) is 20.7. The van der Waals surface area contributed by atoms with Gasteiger partial charge in [-0.15, -0.1) is 0 Å². The first-order valence-electron chi connectivity index (χ1n) is 8.01. The second-order valence-electron chi connectivity index (χ2n) is 6.12. The van der Waals surface area contributed by atoms with Gasteiger partial charge in [0.2, 0.25) is 5.82 Å². The minimum absolute atomic E-state index is 0.125. The summed E-state index contributed by atoms with van der Waals surface area (Å²) in [5, 5.41) is 15.0. The molecule has 0 spiro atoms. The molecule has 0 bridgehead atoms. The maximum atomic E-state index is 12.5. The van der Waals surface area contributed by atoms with E-state index in [4.69, 9.17) is 5.26 Å². The highest BCUT2D eigenvalue weighted by Gasteiger charge is 2.38. The summed E-state index contributed by atoms with van der Waals surface area (Å²) >= 11 is 0. The zero-order valence-electron chi connectivity index (χ0n) is 13.5. The van der Waals surface area contributed by atoms with E-state index in [9.17, 15) is 4.79 Å². The Hall–Kier alpha value is -2.94. The molecule has 1 heterocycles. The molecule has 1 fully saturated rings.